The number of nitrogens with one attached hydrogen (secondary N) is 1. The number of sulfonamides is 1. The molecule has 2 unspecified atom stereocenters. The predicted octanol–water partition coefficient (Wildman–Crippen LogP) is 0.195. The highest BCUT2D eigenvalue weighted by atomic mass is 32.2. The molecule has 1 saturated carbocycles. The molecule has 3 N–H and O–H groups in total. The molecule has 0 heterocycles. The molecule has 1 fully saturated rings. The average Bonchev–Trinajstić information content (AvgIpc) is 3.08. The van der Waals surface area contributed by atoms with Crippen LogP contribution in [0.3, 0.4) is 0 Å². The van der Waals surface area contributed by atoms with E-state index in [1.54, 1.807) is 0 Å². The molecule has 1 amide bonds. The fourth-order valence-electron chi connectivity index (χ4n) is 2.00. The first kappa shape index (κ1) is 13.0. The first-order valence-corrected chi connectivity index (χ1v) is 7.52. The molecule has 0 saturated heterocycles. The van der Waals surface area contributed by atoms with E-state index in [0.717, 1.165) is 12.0 Å². The quantitative estimate of drug-likeness (QED) is 0.799. The van der Waals surface area contributed by atoms with E-state index in [1.165, 1.54) is 0 Å². The summed E-state index contributed by atoms with van der Waals surface area (Å²) in [5.74, 6) is -0.0809. The van der Waals surface area contributed by atoms with Crippen LogP contribution < -0.4 is 10.5 Å². The van der Waals surface area contributed by atoms with Crippen molar-refractivity contribution in [2.45, 2.75) is 12.3 Å². The highest BCUT2D eigenvalue weighted by molar-refractivity contribution is 7.89. The number of hydrogen-bond acceptors (Lipinski definition) is 3. The number of amides is 1. The zero-order valence-corrected chi connectivity index (χ0v) is 10.7. The van der Waals surface area contributed by atoms with Crippen molar-refractivity contribution >= 4 is 15.9 Å². The minimum Gasteiger partial charge on any atom is -0.355 e. The molecule has 6 heteroatoms. The Balaban J connectivity index is 1.80. The second kappa shape index (κ2) is 5.07. The van der Waals surface area contributed by atoms with Gasteiger partial charge in [-0.1, -0.05) is 30.3 Å². The molecule has 5 nitrogen and oxygen atoms in total. The highest BCUT2D eigenvalue weighted by Gasteiger charge is 2.43. The van der Waals surface area contributed by atoms with E-state index >= 15 is 0 Å². The topological polar surface area (TPSA) is 89.3 Å². The van der Waals surface area contributed by atoms with Gasteiger partial charge in [0.25, 0.3) is 0 Å². The van der Waals surface area contributed by atoms with Crippen molar-refractivity contribution in [3.05, 3.63) is 35.9 Å². The molecule has 0 bridgehead atoms. The van der Waals surface area contributed by atoms with Gasteiger partial charge in [-0.05, 0) is 17.9 Å². The first-order valence-electron chi connectivity index (χ1n) is 5.80. The zero-order valence-electron chi connectivity index (χ0n) is 9.87. The Morgan fingerprint density at radius 3 is 2.61 bits per heavy atom. The van der Waals surface area contributed by atoms with Crippen molar-refractivity contribution in [1.82, 2.24) is 5.32 Å². The summed E-state index contributed by atoms with van der Waals surface area (Å²) in [7, 11) is -3.51. The van der Waals surface area contributed by atoms with E-state index in [1.807, 2.05) is 30.3 Å². The minimum absolute atomic E-state index is 0.0344. The van der Waals surface area contributed by atoms with Crippen LogP contribution in [-0.2, 0) is 14.8 Å². The summed E-state index contributed by atoms with van der Waals surface area (Å²) in [4.78, 5) is 11.7. The third-order valence-electron chi connectivity index (χ3n) is 3.04. The smallest absolute Gasteiger partial charge is 0.223 e. The number of carbonyl (C=O) groups excluding carboxylic acids is 1. The maximum Gasteiger partial charge on any atom is 0.223 e. The molecule has 0 aromatic heterocycles. The van der Waals surface area contributed by atoms with Gasteiger partial charge in [0, 0.05) is 12.5 Å². The van der Waals surface area contributed by atoms with Gasteiger partial charge in [0.15, 0.2) is 0 Å². The normalized spacial score (nSPS) is 22.5. The van der Waals surface area contributed by atoms with E-state index < -0.39 is 10.0 Å². The van der Waals surface area contributed by atoms with Gasteiger partial charge in [-0.25, -0.2) is 13.6 Å². The van der Waals surface area contributed by atoms with Gasteiger partial charge in [-0.2, -0.15) is 0 Å². The van der Waals surface area contributed by atoms with Crippen molar-refractivity contribution < 1.29 is 13.2 Å². The molecule has 1 aromatic rings. The Kier molecular flexibility index (Phi) is 3.68. The molecular weight excluding hydrogens is 252 g/mol. The monoisotopic (exact) mass is 268 g/mol. The molecule has 18 heavy (non-hydrogen) atoms. The number of carbonyl (C=O) groups is 1. The van der Waals surface area contributed by atoms with Crippen molar-refractivity contribution in [2.24, 2.45) is 11.1 Å². The molecule has 0 radical (unpaired) electrons. The molecule has 0 aliphatic heterocycles. The van der Waals surface area contributed by atoms with Crippen molar-refractivity contribution in [3.63, 3.8) is 0 Å². The largest absolute Gasteiger partial charge is 0.355 e. The van der Waals surface area contributed by atoms with Crippen LogP contribution in [-0.4, -0.2) is 26.6 Å². The minimum atomic E-state index is -3.51. The van der Waals surface area contributed by atoms with Crippen molar-refractivity contribution in [1.29, 1.82) is 0 Å². The van der Waals surface area contributed by atoms with Gasteiger partial charge in [-0.15, -0.1) is 0 Å². The Bertz CT molecular complexity index is 528. The Morgan fingerprint density at radius 2 is 2.00 bits per heavy atom. The van der Waals surface area contributed by atoms with Crippen LogP contribution in [0.4, 0.5) is 0 Å². The van der Waals surface area contributed by atoms with Gasteiger partial charge >= 0.3 is 0 Å². The third-order valence-corrected chi connectivity index (χ3v) is 3.81. The molecule has 2 atom stereocenters. The van der Waals surface area contributed by atoms with Crippen LogP contribution >= 0.6 is 0 Å². The van der Waals surface area contributed by atoms with E-state index in [4.69, 9.17) is 5.14 Å². The Hall–Kier alpha value is -1.40. The van der Waals surface area contributed by atoms with Crippen LogP contribution in [0.25, 0.3) is 0 Å². The highest BCUT2D eigenvalue weighted by Crippen LogP contribution is 2.47. The van der Waals surface area contributed by atoms with Gasteiger partial charge in [0.2, 0.25) is 15.9 Å². The number of nitrogens with two attached hydrogens (primary N) is 1. The third kappa shape index (κ3) is 3.54. The fourth-order valence-corrected chi connectivity index (χ4v) is 2.39. The second-order valence-electron chi connectivity index (χ2n) is 4.52. The number of rotatable bonds is 5. The van der Waals surface area contributed by atoms with Gasteiger partial charge < -0.3 is 5.32 Å². The summed E-state index contributed by atoms with van der Waals surface area (Å²) in [6.07, 6.45) is 0.825. The summed E-state index contributed by atoms with van der Waals surface area (Å²) >= 11 is 0. The molecule has 2 rings (SSSR count). The maximum absolute atomic E-state index is 11.7. The van der Waals surface area contributed by atoms with E-state index in [-0.39, 0.29) is 30.0 Å². The maximum atomic E-state index is 11.7. The summed E-state index contributed by atoms with van der Waals surface area (Å²) in [5, 5.41) is 7.46. The van der Waals surface area contributed by atoms with Crippen LogP contribution in [0.1, 0.15) is 17.9 Å². The summed E-state index contributed by atoms with van der Waals surface area (Å²) in [6, 6.07) is 9.84. The SMILES string of the molecule is NS(=O)(=O)CCNC(=O)C1CC1c1ccccc1. The molecule has 98 valence electrons. The Morgan fingerprint density at radius 1 is 1.33 bits per heavy atom. The van der Waals surface area contributed by atoms with Crippen LogP contribution in [0.15, 0.2) is 30.3 Å². The summed E-state index contributed by atoms with van der Waals surface area (Å²) < 4.78 is 21.4. The number of primary sulfonamides is 1. The zero-order chi connectivity index (χ0) is 13.2. The van der Waals surface area contributed by atoms with Crippen molar-refractivity contribution in [3.8, 4) is 0 Å². The fraction of sp³-hybridized carbons (Fsp3) is 0.417. The average molecular weight is 268 g/mol. The van der Waals surface area contributed by atoms with Gasteiger partial charge in [0.05, 0.1) is 5.75 Å². The molecule has 1 aliphatic carbocycles. The predicted molar refractivity (Wildman–Crippen MR) is 68.3 cm³/mol. The lowest BCUT2D eigenvalue weighted by molar-refractivity contribution is -0.122. The van der Waals surface area contributed by atoms with Crippen molar-refractivity contribution in [2.75, 3.05) is 12.3 Å². The van der Waals surface area contributed by atoms with Crippen LogP contribution in [0.5, 0.6) is 0 Å². The lowest BCUT2D eigenvalue weighted by Crippen LogP contribution is -2.32. The summed E-state index contributed by atoms with van der Waals surface area (Å²) in [6.45, 7) is 0.0790. The Labute approximate surface area is 106 Å². The lowest BCUT2D eigenvalue weighted by atomic mass is 10.1. The molecule has 1 aromatic carbocycles. The number of benzene rings is 1. The molecule has 1 aliphatic rings. The van der Waals surface area contributed by atoms with E-state index in [9.17, 15) is 13.2 Å². The van der Waals surface area contributed by atoms with Crippen LogP contribution in [0.2, 0.25) is 0 Å². The second-order valence-corrected chi connectivity index (χ2v) is 6.25. The summed E-state index contributed by atoms with van der Waals surface area (Å²) in [5.41, 5.74) is 1.16. The molecular formula is C12H16N2O3S. The first-order chi connectivity index (χ1) is 8.47. The van der Waals surface area contributed by atoms with Crippen LogP contribution in [0, 0.1) is 5.92 Å². The van der Waals surface area contributed by atoms with Gasteiger partial charge in [0.1, 0.15) is 0 Å². The van der Waals surface area contributed by atoms with Gasteiger partial charge in [-0.3, -0.25) is 4.79 Å². The lowest BCUT2D eigenvalue weighted by Gasteiger charge is -2.04. The number of hydrogen-bond donors (Lipinski definition) is 2. The molecule has 0 spiro atoms. The standard InChI is InChI=1S/C12H16N2O3S/c13-18(16,17)7-6-14-12(15)11-8-10(11)9-4-2-1-3-5-9/h1-5,10-11H,6-8H2,(H,14,15)(H2,13,16,17). The van der Waals surface area contributed by atoms with E-state index in [0.29, 0.717) is 0 Å². The van der Waals surface area contributed by atoms with E-state index in [2.05, 4.69) is 5.32 Å².